The number of ether oxygens (including phenoxy) is 3. The molecule has 0 atom stereocenters. The zero-order valence-electron chi connectivity index (χ0n) is 17.9. The Morgan fingerprint density at radius 1 is 1.04 bits per heavy atom. The largest absolute Gasteiger partial charge is 0.461 e. The quantitative estimate of drug-likeness (QED) is 0.787. The number of hydroxylamine groups is 2. The summed E-state index contributed by atoms with van der Waals surface area (Å²) in [6.07, 6.45) is 1.14. The van der Waals surface area contributed by atoms with Crippen LogP contribution in [0.4, 0.5) is 0 Å². The molecule has 0 aliphatic carbocycles. The molecule has 1 aromatic carbocycles. The second kappa shape index (κ2) is 7.10. The molecule has 0 unspecified atom stereocenters. The summed E-state index contributed by atoms with van der Waals surface area (Å²) in [7, 11) is 0. The van der Waals surface area contributed by atoms with E-state index < -0.39 is 22.3 Å². The van der Waals surface area contributed by atoms with Crippen molar-refractivity contribution in [1.29, 1.82) is 0 Å². The Bertz CT molecular complexity index is 697. The molecule has 6 nitrogen and oxygen atoms in total. The van der Waals surface area contributed by atoms with Gasteiger partial charge in [0.2, 0.25) is 0 Å². The minimum Gasteiger partial charge on any atom is -0.461 e. The van der Waals surface area contributed by atoms with Crippen molar-refractivity contribution in [3.05, 3.63) is 35.4 Å². The normalized spacial score (nSPS) is 25.4. The van der Waals surface area contributed by atoms with Crippen LogP contribution in [0.25, 0.3) is 0 Å². The van der Waals surface area contributed by atoms with E-state index in [4.69, 9.17) is 14.2 Å². The van der Waals surface area contributed by atoms with Crippen molar-refractivity contribution in [2.45, 2.75) is 71.2 Å². The monoisotopic (exact) mass is 391 g/mol. The van der Waals surface area contributed by atoms with Crippen LogP contribution < -0.4 is 0 Å². The van der Waals surface area contributed by atoms with E-state index in [0.29, 0.717) is 31.6 Å². The molecular formula is C22H33NO5. The first-order valence-electron chi connectivity index (χ1n) is 9.88. The summed E-state index contributed by atoms with van der Waals surface area (Å²) in [5, 5.41) is 11.9. The van der Waals surface area contributed by atoms with Crippen molar-refractivity contribution in [3.63, 3.8) is 0 Å². The first-order valence-corrected chi connectivity index (χ1v) is 9.88. The maximum absolute atomic E-state index is 12.3. The molecule has 2 aliphatic rings. The van der Waals surface area contributed by atoms with Crippen LogP contribution in [-0.4, -0.2) is 52.9 Å². The SMILES string of the molecule is Cc1ccc(C(=O)OCC2(C)COC3(CC(C)(C)N(O)C(C)(C)C3)OC2)cc1. The van der Waals surface area contributed by atoms with Crippen LogP contribution >= 0.6 is 0 Å². The summed E-state index contributed by atoms with van der Waals surface area (Å²) in [6.45, 7) is 13.0. The van der Waals surface area contributed by atoms with Crippen LogP contribution in [0.1, 0.15) is 63.4 Å². The molecule has 0 bridgehead atoms. The van der Waals surface area contributed by atoms with Gasteiger partial charge in [-0.1, -0.05) is 24.6 Å². The number of rotatable bonds is 3. The van der Waals surface area contributed by atoms with Crippen LogP contribution in [0.3, 0.4) is 0 Å². The van der Waals surface area contributed by atoms with E-state index in [1.54, 1.807) is 12.1 Å². The van der Waals surface area contributed by atoms with Crippen LogP contribution in [-0.2, 0) is 14.2 Å². The lowest BCUT2D eigenvalue weighted by atomic mass is 9.77. The Morgan fingerprint density at radius 3 is 2.04 bits per heavy atom. The van der Waals surface area contributed by atoms with Crippen LogP contribution in [0.5, 0.6) is 0 Å². The summed E-state index contributed by atoms with van der Waals surface area (Å²) in [6, 6.07) is 7.34. The molecule has 156 valence electrons. The molecule has 1 aromatic rings. The highest BCUT2D eigenvalue weighted by molar-refractivity contribution is 5.89. The molecule has 2 heterocycles. The first-order chi connectivity index (χ1) is 12.9. The van der Waals surface area contributed by atoms with Gasteiger partial charge in [0.05, 0.1) is 18.8 Å². The second-order valence-corrected chi connectivity index (χ2v) is 10.0. The Morgan fingerprint density at radius 2 is 1.54 bits per heavy atom. The number of hydrogen-bond acceptors (Lipinski definition) is 6. The van der Waals surface area contributed by atoms with Gasteiger partial charge in [0.15, 0.2) is 5.79 Å². The number of nitrogens with zero attached hydrogens (tertiary/aromatic N) is 1. The molecule has 2 saturated heterocycles. The number of carbonyl (C=O) groups excluding carboxylic acids is 1. The molecule has 0 radical (unpaired) electrons. The highest BCUT2D eigenvalue weighted by Crippen LogP contribution is 2.47. The lowest BCUT2D eigenvalue weighted by Crippen LogP contribution is -2.67. The molecule has 6 heteroatoms. The van der Waals surface area contributed by atoms with E-state index in [-0.39, 0.29) is 12.6 Å². The third-order valence-corrected chi connectivity index (χ3v) is 5.76. The van der Waals surface area contributed by atoms with E-state index in [1.165, 1.54) is 5.06 Å². The van der Waals surface area contributed by atoms with E-state index in [1.807, 2.05) is 53.7 Å². The van der Waals surface area contributed by atoms with Crippen molar-refractivity contribution in [1.82, 2.24) is 5.06 Å². The standard InChI is InChI=1S/C22H33NO5/c1-16-7-9-17(10-8-16)18(24)26-13-21(6)14-27-22(28-15-21)11-19(2,3)23(25)20(4,5)12-22/h7-10,25H,11-15H2,1-6H3. The van der Waals surface area contributed by atoms with Crippen LogP contribution in [0.15, 0.2) is 24.3 Å². The Hall–Kier alpha value is -1.47. The van der Waals surface area contributed by atoms with Crippen molar-refractivity contribution < 1.29 is 24.2 Å². The van der Waals surface area contributed by atoms with Gasteiger partial charge in [-0.15, -0.1) is 0 Å². The van der Waals surface area contributed by atoms with Crippen LogP contribution in [0.2, 0.25) is 0 Å². The lowest BCUT2D eigenvalue weighted by Gasteiger charge is -2.58. The van der Waals surface area contributed by atoms with E-state index in [9.17, 15) is 10.0 Å². The molecule has 0 saturated carbocycles. The Labute approximate surface area is 167 Å². The summed E-state index contributed by atoms with van der Waals surface area (Å²) in [4.78, 5) is 12.3. The smallest absolute Gasteiger partial charge is 0.338 e. The van der Waals surface area contributed by atoms with Crippen LogP contribution in [0, 0.1) is 12.3 Å². The molecule has 2 aliphatic heterocycles. The molecule has 1 N–H and O–H groups in total. The molecule has 28 heavy (non-hydrogen) atoms. The molecular weight excluding hydrogens is 358 g/mol. The van der Waals surface area contributed by atoms with Gasteiger partial charge in [-0.05, 0) is 46.8 Å². The van der Waals surface area contributed by atoms with Crippen molar-refractivity contribution in [2.24, 2.45) is 5.41 Å². The average Bonchev–Trinajstić information content (AvgIpc) is 2.61. The number of piperidine rings is 1. The number of aryl methyl sites for hydroxylation is 1. The van der Waals surface area contributed by atoms with Crippen molar-refractivity contribution in [3.8, 4) is 0 Å². The predicted molar refractivity (Wildman–Crippen MR) is 105 cm³/mol. The topological polar surface area (TPSA) is 68.2 Å². The summed E-state index contributed by atoms with van der Waals surface area (Å²) >= 11 is 0. The average molecular weight is 392 g/mol. The van der Waals surface area contributed by atoms with Crippen molar-refractivity contribution in [2.75, 3.05) is 19.8 Å². The van der Waals surface area contributed by atoms with E-state index >= 15 is 0 Å². The molecule has 0 aromatic heterocycles. The van der Waals surface area contributed by atoms with Gasteiger partial charge in [0.25, 0.3) is 0 Å². The third-order valence-electron chi connectivity index (χ3n) is 5.76. The molecule has 3 rings (SSSR count). The van der Waals surface area contributed by atoms with E-state index in [2.05, 4.69) is 0 Å². The zero-order chi connectivity index (χ0) is 20.8. The minimum atomic E-state index is -0.729. The lowest BCUT2D eigenvalue weighted by molar-refractivity contribution is -0.373. The predicted octanol–water partition coefficient (Wildman–Crippen LogP) is 3.94. The molecule has 2 fully saturated rings. The summed E-state index contributed by atoms with van der Waals surface area (Å²) in [5.74, 6) is -1.07. The number of benzene rings is 1. The highest BCUT2D eigenvalue weighted by Gasteiger charge is 2.56. The van der Waals surface area contributed by atoms with Crippen molar-refractivity contribution >= 4 is 5.97 Å². The second-order valence-electron chi connectivity index (χ2n) is 10.0. The maximum atomic E-state index is 12.3. The molecule has 1 spiro atoms. The number of hydrogen-bond donors (Lipinski definition) is 1. The van der Waals surface area contributed by atoms with Gasteiger partial charge in [-0.2, -0.15) is 5.06 Å². The fraction of sp³-hybridized carbons (Fsp3) is 0.682. The maximum Gasteiger partial charge on any atom is 0.338 e. The Balaban J connectivity index is 1.61. The first kappa shape index (κ1) is 21.2. The van der Waals surface area contributed by atoms with Gasteiger partial charge in [0.1, 0.15) is 6.61 Å². The van der Waals surface area contributed by atoms with Gasteiger partial charge >= 0.3 is 5.97 Å². The van der Waals surface area contributed by atoms with Gasteiger partial charge in [-0.25, -0.2) is 4.79 Å². The summed E-state index contributed by atoms with van der Waals surface area (Å²) in [5.41, 5.74) is 0.307. The third kappa shape index (κ3) is 4.25. The summed E-state index contributed by atoms with van der Waals surface area (Å²) < 4.78 is 18.0. The number of carbonyl (C=O) groups is 1. The van der Waals surface area contributed by atoms with Gasteiger partial charge in [0, 0.05) is 29.3 Å². The Kier molecular flexibility index (Phi) is 5.38. The minimum absolute atomic E-state index is 0.231. The van der Waals surface area contributed by atoms with Gasteiger partial charge in [-0.3, -0.25) is 0 Å². The van der Waals surface area contributed by atoms with E-state index in [0.717, 1.165) is 5.56 Å². The highest BCUT2D eigenvalue weighted by atomic mass is 16.7. The number of esters is 1. The fourth-order valence-corrected chi connectivity index (χ4v) is 4.34. The van der Waals surface area contributed by atoms with Gasteiger partial charge < -0.3 is 19.4 Å². The molecule has 0 amide bonds. The fourth-order valence-electron chi connectivity index (χ4n) is 4.34. The zero-order valence-corrected chi connectivity index (χ0v) is 17.9.